The maximum atomic E-state index is 12.8. The average Bonchev–Trinajstić information content (AvgIpc) is 3.52. The van der Waals surface area contributed by atoms with Gasteiger partial charge in [-0.15, -0.1) is 0 Å². The van der Waals surface area contributed by atoms with Crippen molar-refractivity contribution in [1.82, 2.24) is 5.43 Å². The van der Waals surface area contributed by atoms with Gasteiger partial charge in [-0.2, -0.15) is 5.10 Å². The molecule has 150 valence electrons. The summed E-state index contributed by atoms with van der Waals surface area (Å²) in [5.41, 5.74) is 4.40. The third-order valence-corrected chi connectivity index (χ3v) is 5.44. The van der Waals surface area contributed by atoms with E-state index in [4.69, 9.17) is 0 Å². The van der Waals surface area contributed by atoms with E-state index in [1.807, 2.05) is 60.7 Å². The number of carbonyl (C=O) groups excluding carboxylic acids is 1. The largest absolute Gasteiger partial charge is 0.502 e. The zero-order chi connectivity index (χ0) is 21.1. The molecular formula is C23H19N3O4. The van der Waals surface area contributed by atoms with Crippen molar-refractivity contribution in [3.63, 3.8) is 0 Å². The lowest BCUT2D eigenvalue weighted by Gasteiger charge is -2.18. The Morgan fingerprint density at radius 2 is 1.67 bits per heavy atom. The van der Waals surface area contributed by atoms with Gasteiger partial charge in [-0.1, -0.05) is 60.7 Å². The van der Waals surface area contributed by atoms with E-state index in [0.29, 0.717) is 12.0 Å². The first kappa shape index (κ1) is 19.3. The number of phenols is 1. The predicted molar refractivity (Wildman–Crippen MR) is 112 cm³/mol. The van der Waals surface area contributed by atoms with Gasteiger partial charge in [0, 0.05) is 11.5 Å². The summed E-state index contributed by atoms with van der Waals surface area (Å²) < 4.78 is 0. The highest BCUT2D eigenvalue weighted by Gasteiger charge is 2.60. The van der Waals surface area contributed by atoms with Crippen molar-refractivity contribution in [2.45, 2.75) is 11.8 Å². The summed E-state index contributed by atoms with van der Waals surface area (Å²) in [4.78, 5) is 22.9. The third-order valence-electron chi connectivity index (χ3n) is 5.44. The highest BCUT2D eigenvalue weighted by molar-refractivity contribution is 5.88. The Balaban J connectivity index is 1.51. The number of benzene rings is 3. The van der Waals surface area contributed by atoms with Crippen LogP contribution >= 0.6 is 0 Å². The smallest absolute Gasteiger partial charge is 0.310 e. The number of aromatic hydroxyl groups is 1. The molecular weight excluding hydrogens is 382 g/mol. The molecule has 2 N–H and O–H groups in total. The Bertz CT molecular complexity index is 1070. The van der Waals surface area contributed by atoms with Gasteiger partial charge in [0.25, 0.3) is 0 Å². The van der Waals surface area contributed by atoms with Crippen LogP contribution in [0, 0.1) is 16.0 Å². The molecule has 4 rings (SSSR count). The molecule has 1 aliphatic carbocycles. The van der Waals surface area contributed by atoms with E-state index in [9.17, 15) is 20.0 Å². The highest BCUT2D eigenvalue weighted by atomic mass is 16.6. The number of nitrogens with one attached hydrogen (secondary N) is 1. The standard InChI is InChI=1S/C23H19N3O4/c27-21-13-16(11-12-20(21)26(29)30)15-24-25-22(28)19-14-23(19,17-7-3-1-4-8-17)18-9-5-2-6-10-18/h1-13,15,19,27H,14H2,(H,25,28)/b24-15+. The molecule has 0 saturated heterocycles. The number of rotatable bonds is 6. The zero-order valence-corrected chi connectivity index (χ0v) is 15.9. The van der Waals surface area contributed by atoms with Crippen LogP contribution in [0.3, 0.4) is 0 Å². The van der Waals surface area contributed by atoms with Gasteiger partial charge in [0.2, 0.25) is 5.91 Å². The number of nitro benzene ring substituents is 1. The number of hydrogen-bond acceptors (Lipinski definition) is 5. The van der Waals surface area contributed by atoms with Gasteiger partial charge in [0.05, 0.1) is 17.1 Å². The Kier molecular flexibility index (Phi) is 5.02. The summed E-state index contributed by atoms with van der Waals surface area (Å²) in [5.74, 6) is -0.917. The second-order valence-electron chi connectivity index (χ2n) is 7.20. The van der Waals surface area contributed by atoms with Gasteiger partial charge in [-0.05, 0) is 35.2 Å². The molecule has 1 fully saturated rings. The molecule has 7 nitrogen and oxygen atoms in total. The molecule has 0 aliphatic heterocycles. The molecule has 1 amide bonds. The van der Waals surface area contributed by atoms with Crippen LogP contribution in [0.15, 0.2) is 84.0 Å². The van der Waals surface area contributed by atoms with Crippen molar-refractivity contribution < 1.29 is 14.8 Å². The molecule has 0 radical (unpaired) electrons. The van der Waals surface area contributed by atoms with Gasteiger partial charge in [0.15, 0.2) is 5.75 Å². The number of hydrazone groups is 1. The lowest BCUT2D eigenvalue weighted by molar-refractivity contribution is -0.385. The third kappa shape index (κ3) is 3.53. The average molecular weight is 401 g/mol. The summed E-state index contributed by atoms with van der Waals surface area (Å²) >= 11 is 0. The fourth-order valence-electron chi connectivity index (χ4n) is 3.88. The summed E-state index contributed by atoms with van der Waals surface area (Å²) in [7, 11) is 0. The minimum absolute atomic E-state index is 0.204. The van der Waals surface area contributed by atoms with Gasteiger partial charge in [-0.3, -0.25) is 14.9 Å². The zero-order valence-electron chi connectivity index (χ0n) is 15.9. The Hall–Kier alpha value is -4.00. The van der Waals surface area contributed by atoms with Crippen molar-refractivity contribution in [1.29, 1.82) is 0 Å². The first-order valence-corrected chi connectivity index (χ1v) is 9.44. The van der Waals surface area contributed by atoms with Crippen molar-refractivity contribution >= 4 is 17.8 Å². The molecule has 1 aliphatic rings. The normalized spacial score (nSPS) is 16.9. The molecule has 0 bridgehead atoms. The van der Waals surface area contributed by atoms with Crippen LogP contribution in [0.4, 0.5) is 5.69 Å². The lowest BCUT2D eigenvalue weighted by atomic mass is 9.85. The van der Waals surface area contributed by atoms with Crippen LogP contribution < -0.4 is 5.43 Å². The molecule has 0 spiro atoms. The topological polar surface area (TPSA) is 105 Å². The van der Waals surface area contributed by atoms with Crippen molar-refractivity contribution in [2.75, 3.05) is 0 Å². The molecule has 3 aromatic carbocycles. The van der Waals surface area contributed by atoms with E-state index >= 15 is 0 Å². The Morgan fingerprint density at radius 3 is 2.20 bits per heavy atom. The van der Waals surface area contributed by atoms with Crippen LogP contribution in [-0.2, 0) is 10.2 Å². The first-order valence-electron chi connectivity index (χ1n) is 9.44. The van der Waals surface area contributed by atoms with E-state index in [0.717, 1.165) is 11.1 Å². The van der Waals surface area contributed by atoms with Crippen molar-refractivity contribution in [3.05, 3.63) is 106 Å². The number of hydrogen-bond donors (Lipinski definition) is 2. The summed E-state index contributed by atoms with van der Waals surface area (Å²) in [6.07, 6.45) is 2.02. The maximum Gasteiger partial charge on any atom is 0.310 e. The molecule has 1 saturated carbocycles. The molecule has 3 aromatic rings. The monoisotopic (exact) mass is 401 g/mol. The minimum atomic E-state index is -0.669. The van der Waals surface area contributed by atoms with Crippen LogP contribution in [-0.4, -0.2) is 22.2 Å². The van der Waals surface area contributed by atoms with E-state index in [2.05, 4.69) is 10.5 Å². The van der Waals surface area contributed by atoms with Gasteiger partial charge < -0.3 is 5.11 Å². The van der Waals surface area contributed by atoms with Gasteiger partial charge in [0.1, 0.15) is 0 Å². The molecule has 7 heteroatoms. The molecule has 1 unspecified atom stereocenters. The lowest BCUT2D eigenvalue weighted by Crippen LogP contribution is -2.25. The number of amides is 1. The van der Waals surface area contributed by atoms with Gasteiger partial charge in [-0.25, -0.2) is 5.43 Å². The van der Waals surface area contributed by atoms with Crippen LogP contribution in [0.25, 0.3) is 0 Å². The second kappa shape index (κ2) is 7.79. The van der Waals surface area contributed by atoms with Crippen LogP contribution in [0.2, 0.25) is 0 Å². The summed E-state index contributed by atoms with van der Waals surface area (Å²) in [5, 5.41) is 24.4. The second-order valence-corrected chi connectivity index (χ2v) is 7.20. The molecule has 30 heavy (non-hydrogen) atoms. The maximum absolute atomic E-state index is 12.8. The number of nitrogens with zero attached hydrogens (tertiary/aromatic N) is 2. The summed E-state index contributed by atoms with van der Waals surface area (Å²) in [6.45, 7) is 0. The first-order chi connectivity index (χ1) is 14.5. The van der Waals surface area contributed by atoms with Crippen LogP contribution in [0.1, 0.15) is 23.1 Å². The van der Waals surface area contributed by atoms with E-state index in [1.165, 1.54) is 24.4 Å². The summed E-state index contributed by atoms with van der Waals surface area (Å²) in [6, 6.07) is 23.7. The Morgan fingerprint density at radius 1 is 1.07 bits per heavy atom. The van der Waals surface area contributed by atoms with E-state index in [-0.39, 0.29) is 22.9 Å². The van der Waals surface area contributed by atoms with Gasteiger partial charge >= 0.3 is 5.69 Å². The molecule has 1 atom stereocenters. The number of nitro groups is 1. The SMILES string of the molecule is O=C(N/N=C/c1ccc([N+](=O)[O-])c(O)c1)C1CC1(c1ccccc1)c1ccccc1. The van der Waals surface area contributed by atoms with E-state index in [1.54, 1.807) is 0 Å². The fourth-order valence-corrected chi connectivity index (χ4v) is 3.88. The number of phenolic OH excluding ortho intramolecular Hbond substituents is 1. The quantitative estimate of drug-likeness (QED) is 0.373. The Labute approximate surface area is 172 Å². The minimum Gasteiger partial charge on any atom is -0.502 e. The van der Waals surface area contributed by atoms with Crippen molar-refractivity contribution in [3.8, 4) is 5.75 Å². The fraction of sp³-hybridized carbons (Fsp3) is 0.130. The molecule has 0 heterocycles. The molecule has 0 aromatic heterocycles. The predicted octanol–water partition coefficient (Wildman–Crippen LogP) is 3.76. The van der Waals surface area contributed by atoms with Crippen molar-refractivity contribution in [2.24, 2.45) is 11.0 Å². The number of carbonyl (C=O) groups is 1. The van der Waals surface area contributed by atoms with E-state index < -0.39 is 10.7 Å². The highest BCUT2D eigenvalue weighted by Crippen LogP contribution is 2.58. The van der Waals surface area contributed by atoms with Crippen LogP contribution in [0.5, 0.6) is 5.75 Å².